The second-order valence-corrected chi connectivity index (χ2v) is 4.12. The van der Waals surface area contributed by atoms with E-state index in [4.69, 9.17) is 4.74 Å². The van der Waals surface area contributed by atoms with Crippen molar-refractivity contribution in [2.45, 2.75) is 0 Å². The van der Waals surface area contributed by atoms with Crippen LogP contribution in [-0.4, -0.2) is 12.5 Å². The quantitative estimate of drug-likeness (QED) is 0.791. The Morgan fingerprint density at radius 2 is 1.55 bits per heavy atom. The molecule has 0 atom stereocenters. The van der Waals surface area contributed by atoms with Crippen LogP contribution in [-0.2, 0) is 4.79 Å². The SMILES string of the molecule is C=C(NNC(=O)COc1ccccc1)c1ccccc1. The maximum atomic E-state index is 11.6. The van der Waals surface area contributed by atoms with E-state index in [2.05, 4.69) is 17.4 Å². The Morgan fingerprint density at radius 3 is 2.20 bits per heavy atom. The zero-order valence-corrected chi connectivity index (χ0v) is 11.0. The lowest BCUT2D eigenvalue weighted by Crippen LogP contribution is -2.38. The summed E-state index contributed by atoms with van der Waals surface area (Å²) in [5.74, 6) is 0.385. The lowest BCUT2D eigenvalue weighted by atomic mass is 10.2. The number of benzene rings is 2. The molecule has 0 fully saturated rings. The van der Waals surface area contributed by atoms with Crippen LogP contribution >= 0.6 is 0 Å². The minimum Gasteiger partial charge on any atom is -0.484 e. The number of hydrazine groups is 1. The van der Waals surface area contributed by atoms with Crippen LogP contribution in [0.15, 0.2) is 67.2 Å². The van der Waals surface area contributed by atoms with Crippen molar-refractivity contribution >= 4 is 11.6 Å². The zero-order chi connectivity index (χ0) is 14.2. The van der Waals surface area contributed by atoms with Crippen LogP contribution in [0.3, 0.4) is 0 Å². The largest absolute Gasteiger partial charge is 0.484 e. The predicted molar refractivity (Wildman–Crippen MR) is 78.7 cm³/mol. The Morgan fingerprint density at radius 1 is 0.950 bits per heavy atom. The summed E-state index contributed by atoms with van der Waals surface area (Å²) < 4.78 is 5.32. The Balaban J connectivity index is 1.74. The summed E-state index contributed by atoms with van der Waals surface area (Å²) >= 11 is 0. The van der Waals surface area contributed by atoms with Gasteiger partial charge in [0.1, 0.15) is 5.75 Å². The van der Waals surface area contributed by atoms with Gasteiger partial charge >= 0.3 is 0 Å². The molecule has 0 saturated heterocycles. The average Bonchev–Trinajstić information content (AvgIpc) is 2.52. The number of carbonyl (C=O) groups excluding carboxylic acids is 1. The minimum absolute atomic E-state index is 0.0565. The van der Waals surface area contributed by atoms with Gasteiger partial charge in [-0.25, -0.2) is 0 Å². The highest BCUT2D eigenvalue weighted by molar-refractivity contribution is 5.78. The standard InChI is InChI=1S/C16H16N2O2/c1-13(14-8-4-2-5-9-14)17-18-16(19)12-20-15-10-6-3-7-11-15/h2-11,17H,1,12H2,(H,18,19). The number of ether oxygens (including phenoxy) is 1. The van der Waals surface area contributed by atoms with Gasteiger partial charge in [-0.2, -0.15) is 0 Å². The molecule has 0 aliphatic heterocycles. The van der Waals surface area contributed by atoms with Crippen molar-refractivity contribution in [2.75, 3.05) is 6.61 Å². The fourth-order valence-corrected chi connectivity index (χ4v) is 1.56. The van der Waals surface area contributed by atoms with E-state index in [1.807, 2.05) is 48.5 Å². The zero-order valence-electron chi connectivity index (χ0n) is 11.0. The molecule has 0 spiro atoms. The van der Waals surface area contributed by atoms with Crippen LogP contribution in [0.1, 0.15) is 5.56 Å². The van der Waals surface area contributed by atoms with E-state index in [9.17, 15) is 4.79 Å². The Labute approximate surface area is 118 Å². The van der Waals surface area contributed by atoms with Crippen LogP contribution in [0.25, 0.3) is 5.70 Å². The number of carbonyl (C=O) groups is 1. The van der Waals surface area contributed by atoms with Crippen LogP contribution in [0.2, 0.25) is 0 Å². The number of hydrogen-bond acceptors (Lipinski definition) is 3. The molecule has 0 radical (unpaired) electrons. The first-order valence-electron chi connectivity index (χ1n) is 6.23. The molecule has 2 aromatic rings. The topological polar surface area (TPSA) is 50.4 Å². The lowest BCUT2D eigenvalue weighted by molar-refractivity contribution is -0.123. The number of hydrogen-bond donors (Lipinski definition) is 2. The van der Waals surface area contributed by atoms with Gasteiger partial charge < -0.3 is 4.74 Å². The summed E-state index contributed by atoms with van der Waals surface area (Å²) in [5, 5.41) is 0. The third kappa shape index (κ3) is 4.17. The van der Waals surface area contributed by atoms with Gasteiger partial charge in [0.25, 0.3) is 5.91 Å². The second-order valence-electron chi connectivity index (χ2n) is 4.12. The third-order valence-corrected chi connectivity index (χ3v) is 2.59. The highest BCUT2D eigenvalue weighted by Gasteiger charge is 2.03. The first-order valence-corrected chi connectivity index (χ1v) is 6.23. The molecule has 102 valence electrons. The van der Waals surface area contributed by atoms with Crippen molar-refractivity contribution in [2.24, 2.45) is 0 Å². The predicted octanol–water partition coefficient (Wildman–Crippen LogP) is 2.36. The van der Waals surface area contributed by atoms with Crippen molar-refractivity contribution in [3.63, 3.8) is 0 Å². The maximum absolute atomic E-state index is 11.6. The first kappa shape index (κ1) is 13.7. The van der Waals surface area contributed by atoms with Gasteiger partial charge in [0, 0.05) is 0 Å². The summed E-state index contributed by atoms with van der Waals surface area (Å²) in [6.07, 6.45) is 0. The van der Waals surface area contributed by atoms with Crippen LogP contribution in [0.4, 0.5) is 0 Å². The summed E-state index contributed by atoms with van der Waals surface area (Å²) in [4.78, 5) is 11.6. The Bertz CT molecular complexity index is 568. The highest BCUT2D eigenvalue weighted by atomic mass is 16.5. The van der Waals surface area contributed by atoms with Crippen molar-refractivity contribution in [1.29, 1.82) is 0 Å². The van der Waals surface area contributed by atoms with Crippen molar-refractivity contribution < 1.29 is 9.53 Å². The summed E-state index contributed by atoms with van der Waals surface area (Å²) in [5.41, 5.74) is 6.84. The second kappa shape index (κ2) is 6.99. The van der Waals surface area contributed by atoms with Gasteiger partial charge in [0.2, 0.25) is 0 Å². The molecule has 0 unspecified atom stereocenters. The van der Waals surface area contributed by atoms with E-state index < -0.39 is 0 Å². The number of para-hydroxylation sites is 1. The van der Waals surface area contributed by atoms with Crippen LogP contribution in [0.5, 0.6) is 5.75 Å². The molecule has 20 heavy (non-hydrogen) atoms. The van der Waals surface area contributed by atoms with E-state index in [-0.39, 0.29) is 12.5 Å². The minimum atomic E-state index is -0.272. The summed E-state index contributed by atoms with van der Waals surface area (Å²) in [6, 6.07) is 18.7. The molecule has 2 aromatic carbocycles. The molecule has 0 bridgehead atoms. The first-order chi connectivity index (χ1) is 9.75. The van der Waals surface area contributed by atoms with Crippen LogP contribution in [0, 0.1) is 0 Å². The normalized spacial score (nSPS) is 9.60. The molecule has 0 heterocycles. The van der Waals surface area contributed by atoms with Crippen molar-refractivity contribution in [3.8, 4) is 5.75 Å². The molecule has 2 rings (SSSR count). The molecule has 4 nitrogen and oxygen atoms in total. The Hall–Kier alpha value is -2.75. The fraction of sp³-hybridized carbons (Fsp3) is 0.0625. The fourth-order valence-electron chi connectivity index (χ4n) is 1.56. The monoisotopic (exact) mass is 268 g/mol. The van der Waals surface area contributed by atoms with Crippen molar-refractivity contribution in [1.82, 2.24) is 10.9 Å². The molecule has 0 aliphatic carbocycles. The summed E-state index contributed by atoms with van der Waals surface area (Å²) in [6.45, 7) is 3.79. The van der Waals surface area contributed by atoms with E-state index >= 15 is 0 Å². The third-order valence-electron chi connectivity index (χ3n) is 2.59. The maximum Gasteiger partial charge on any atom is 0.276 e. The van der Waals surface area contributed by atoms with Crippen LogP contribution < -0.4 is 15.6 Å². The average molecular weight is 268 g/mol. The number of rotatable bonds is 6. The summed E-state index contributed by atoms with van der Waals surface area (Å²) in [7, 11) is 0. The number of amides is 1. The van der Waals surface area contributed by atoms with Crippen molar-refractivity contribution in [3.05, 3.63) is 72.8 Å². The smallest absolute Gasteiger partial charge is 0.276 e. The molecule has 0 aromatic heterocycles. The molecular formula is C16H16N2O2. The molecule has 0 aliphatic rings. The highest BCUT2D eigenvalue weighted by Crippen LogP contribution is 2.08. The molecular weight excluding hydrogens is 252 g/mol. The van der Waals surface area contributed by atoms with Gasteiger partial charge in [-0.3, -0.25) is 15.6 Å². The van der Waals surface area contributed by atoms with Gasteiger partial charge in [0.15, 0.2) is 6.61 Å². The molecule has 1 amide bonds. The van der Waals surface area contributed by atoms with Gasteiger partial charge in [-0.1, -0.05) is 55.1 Å². The molecule has 2 N–H and O–H groups in total. The molecule has 0 saturated carbocycles. The lowest BCUT2D eigenvalue weighted by Gasteiger charge is -2.11. The Kier molecular flexibility index (Phi) is 4.78. The number of nitrogens with one attached hydrogen (secondary N) is 2. The van der Waals surface area contributed by atoms with Gasteiger partial charge in [-0.05, 0) is 17.7 Å². The van der Waals surface area contributed by atoms with E-state index in [0.717, 1.165) is 5.56 Å². The molecule has 4 heteroatoms. The van der Waals surface area contributed by atoms with Gasteiger partial charge in [-0.15, -0.1) is 0 Å². The van der Waals surface area contributed by atoms with E-state index in [1.165, 1.54) is 0 Å². The van der Waals surface area contributed by atoms with E-state index in [0.29, 0.717) is 11.4 Å². The van der Waals surface area contributed by atoms with Gasteiger partial charge in [0.05, 0.1) is 5.70 Å². The van der Waals surface area contributed by atoms with E-state index in [1.54, 1.807) is 12.1 Å².